The summed E-state index contributed by atoms with van der Waals surface area (Å²) in [5.41, 5.74) is 5.34. The molecule has 0 radical (unpaired) electrons. The van der Waals surface area contributed by atoms with E-state index in [1.807, 2.05) is 36.4 Å². The summed E-state index contributed by atoms with van der Waals surface area (Å²) < 4.78 is 40.6. The molecule has 0 saturated carbocycles. The van der Waals surface area contributed by atoms with Crippen LogP contribution in [-0.4, -0.2) is 56.9 Å². The van der Waals surface area contributed by atoms with Gasteiger partial charge in [-0.15, -0.1) is 0 Å². The Balaban J connectivity index is 1.11. The number of fused-ring (bicyclic) bond motifs is 3. The molecular formula is C38H39N3O5S. The average Bonchev–Trinajstić information content (AvgIpc) is 3.60. The summed E-state index contributed by atoms with van der Waals surface area (Å²) in [6, 6.07) is 32.0. The number of piperazine rings is 1. The lowest BCUT2D eigenvalue weighted by Crippen LogP contribution is -2.49. The van der Waals surface area contributed by atoms with Gasteiger partial charge < -0.3 is 14.8 Å². The van der Waals surface area contributed by atoms with Crippen LogP contribution < -0.4 is 14.8 Å². The highest BCUT2D eigenvalue weighted by atomic mass is 32.2. The maximum absolute atomic E-state index is 14.1. The van der Waals surface area contributed by atoms with Gasteiger partial charge in [-0.2, -0.15) is 4.31 Å². The smallest absolute Gasteiger partial charge is 0.308 e. The van der Waals surface area contributed by atoms with Gasteiger partial charge in [0.1, 0.15) is 0 Å². The van der Waals surface area contributed by atoms with Gasteiger partial charge in [-0.1, -0.05) is 78.9 Å². The van der Waals surface area contributed by atoms with Gasteiger partial charge in [-0.3, -0.25) is 9.69 Å². The lowest BCUT2D eigenvalue weighted by molar-refractivity contribution is -0.132. The van der Waals surface area contributed by atoms with Crippen LogP contribution >= 0.6 is 0 Å². The number of ether oxygens (including phenoxy) is 2. The topological polar surface area (TPSA) is 88.2 Å². The fourth-order valence-corrected chi connectivity index (χ4v) is 8.87. The van der Waals surface area contributed by atoms with Gasteiger partial charge in [0, 0.05) is 44.7 Å². The molecule has 4 aromatic rings. The van der Waals surface area contributed by atoms with Crippen molar-refractivity contribution in [3.63, 3.8) is 0 Å². The zero-order valence-electron chi connectivity index (χ0n) is 26.6. The van der Waals surface area contributed by atoms with E-state index in [0.29, 0.717) is 42.6 Å². The van der Waals surface area contributed by atoms with Crippen LogP contribution in [0.1, 0.15) is 53.6 Å². The number of carbonyl (C=O) groups is 1. The molecule has 1 N–H and O–H groups in total. The summed E-state index contributed by atoms with van der Waals surface area (Å²) in [6.45, 7) is 3.48. The van der Waals surface area contributed by atoms with E-state index >= 15 is 0 Å². The van der Waals surface area contributed by atoms with E-state index in [1.165, 1.54) is 18.1 Å². The van der Waals surface area contributed by atoms with Crippen LogP contribution in [-0.2, 0) is 14.8 Å². The summed E-state index contributed by atoms with van der Waals surface area (Å²) in [7, 11) is -2.14. The van der Waals surface area contributed by atoms with Crippen molar-refractivity contribution >= 4 is 21.7 Å². The molecular weight excluding hydrogens is 611 g/mol. The number of allylic oxidation sites excluding steroid dienone is 2. The molecule has 2 heterocycles. The summed E-state index contributed by atoms with van der Waals surface area (Å²) in [5, 5.41) is 3.69. The standard InChI is InChI=1S/C38H39N3O5S/c1-26(42)46-35-19-16-29(24-36(35)45-2)37-32-15-9-14-31(32)33-25-30(17-18-34(33)39-37)47(43,44)41-22-20-40(21-23-41)38(27-10-5-3-6-11-27)28-12-7-4-8-13-28/h3-14,16-19,24-25,31-32,37-39H,15,20-23H2,1-2H3. The Morgan fingerprint density at radius 2 is 1.53 bits per heavy atom. The molecule has 0 spiro atoms. The SMILES string of the molecule is COc1cc(C2Nc3ccc(S(=O)(=O)N4CCN(C(c5ccccc5)c5ccccc5)CC4)cc3C3C=CCC32)ccc1OC(C)=O. The van der Waals surface area contributed by atoms with Crippen molar-refractivity contribution in [1.82, 2.24) is 9.21 Å². The number of anilines is 1. The number of methoxy groups -OCH3 is 1. The molecule has 2 aliphatic heterocycles. The zero-order valence-corrected chi connectivity index (χ0v) is 27.4. The van der Waals surface area contributed by atoms with E-state index in [9.17, 15) is 13.2 Å². The van der Waals surface area contributed by atoms with E-state index < -0.39 is 16.0 Å². The maximum Gasteiger partial charge on any atom is 0.308 e. The Morgan fingerprint density at radius 1 is 0.851 bits per heavy atom. The van der Waals surface area contributed by atoms with Gasteiger partial charge in [0.05, 0.1) is 24.1 Å². The molecule has 0 bridgehead atoms. The maximum atomic E-state index is 14.1. The fourth-order valence-electron chi connectivity index (χ4n) is 7.42. The third-order valence-corrected chi connectivity index (χ3v) is 11.5. The van der Waals surface area contributed by atoms with Gasteiger partial charge in [-0.05, 0) is 64.9 Å². The van der Waals surface area contributed by atoms with Crippen LogP contribution in [0, 0.1) is 5.92 Å². The predicted octanol–water partition coefficient (Wildman–Crippen LogP) is 6.54. The summed E-state index contributed by atoms with van der Waals surface area (Å²) in [4.78, 5) is 14.3. The number of esters is 1. The molecule has 3 aliphatic rings. The van der Waals surface area contributed by atoms with Gasteiger partial charge >= 0.3 is 5.97 Å². The second-order valence-electron chi connectivity index (χ2n) is 12.4. The van der Waals surface area contributed by atoms with Crippen molar-refractivity contribution in [3.05, 3.63) is 131 Å². The van der Waals surface area contributed by atoms with E-state index in [4.69, 9.17) is 9.47 Å². The second kappa shape index (κ2) is 13.0. The Hall–Kier alpha value is -4.44. The average molecular weight is 650 g/mol. The number of benzene rings is 4. The lowest BCUT2D eigenvalue weighted by atomic mass is 9.77. The molecule has 0 amide bonds. The van der Waals surface area contributed by atoms with Crippen molar-refractivity contribution in [2.45, 2.75) is 36.2 Å². The minimum absolute atomic E-state index is 0.0273. The number of nitrogens with one attached hydrogen (secondary N) is 1. The van der Waals surface area contributed by atoms with Crippen molar-refractivity contribution in [3.8, 4) is 11.5 Å². The molecule has 1 saturated heterocycles. The number of sulfonamides is 1. The minimum atomic E-state index is -3.70. The molecule has 9 heteroatoms. The highest BCUT2D eigenvalue weighted by molar-refractivity contribution is 7.89. The lowest BCUT2D eigenvalue weighted by Gasteiger charge is -2.40. The minimum Gasteiger partial charge on any atom is -0.493 e. The Kier molecular flexibility index (Phi) is 8.61. The van der Waals surface area contributed by atoms with Crippen LogP contribution in [0.5, 0.6) is 11.5 Å². The zero-order chi connectivity index (χ0) is 32.5. The predicted molar refractivity (Wildman–Crippen MR) is 182 cm³/mol. The summed E-state index contributed by atoms with van der Waals surface area (Å²) in [5.74, 6) is 0.735. The van der Waals surface area contributed by atoms with Crippen LogP contribution in [0.4, 0.5) is 5.69 Å². The van der Waals surface area contributed by atoms with Crippen LogP contribution in [0.15, 0.2) is 114 Å². The molecule has 7 rings (SSSR count). The summed E-state index contributed by atoms with van der Waals surface area (Å²) >= 11 is 0. The third kappa shape index (κ3) is 6.06. The van der Waals surface area contributed by atoms with Crippen LogP contribution in [0.25, 0.3) is 0 Å². The first-order valence-electron chi connectivity index (χ1n) is 16.1. The van der Waals surface area contributed by atoms with Crippen molar-refractivity contribution in [1.29, 1.82) is 0 Å². The molecule has 3 atom stereocenters. The Bertz CT molecular complexity index is 1850. The molecule has 8 nitrogen and oxygen atoms in total. The molecule has 47 heavy (non-hydrogen) atoms. The first-order chi connectivity index (χ1) is 22.8. The van der Waals surface area contributed by atoms with Crippen LogP contribution in [0.3, 0.4) is 0 Å². The second-order valence-corrected chi connectivity index (χ2v) is 14.3. The molecule has 1 aliphatic carbocycles. The molecule has 242 valence electrons. The van der Waals surface area contributed by atoms with E-state index in [2.05, 4.69) is 70.9 Å². The highest BCUT2D eigenvalue weighted by Gasteiger charge is 2.40. The van der Waals surface area contributed by atoms with Gasteiger partial charge in [0.2, 0.25) is 10.0 Å². The van der Waals surface area contributed by atoms with Crippen LogP contribution in [0.2, 0.25) is 0 Å². The molecule has 1 fully saturated rings. The first-order valence-corrected chi connectivity index (χ1v) is 17.5. The van der Waals surface area contributed by atoms with E-state index in [-0.39, 0.29) is 23.9 Å². The van der Waals surface area contributed by atoms with Gasteiger partial charge in [0.25, 0.3) is 0 Å². The molecule has 0 aromatic heterocycles. The molecule has 4 aromatic carbocycles. The largest absolute Gasteiger partial charge is 0.493 e. The number of carbonyl (C=O) groups excluding carboxylic acids is 1. The number of nitrogens with zero attached hydrogens (tertiary/aromatic N) is 2. The monoisotopic (exact) mass is 649 g/mol. The van der Waals surface area contributed by atoms with E-state index in [1.54, 1.807) is 23.5 Å². The number of rotatable bonds is 8. The van der Waals surface area contributed by atoms with Crippen molar-refractivity contribution < 1.29 is 22.7 Å². The third-order valence-electron chi connectivity index (χ3n) is 9.64. The fraction of sp³-hybridized carbons (Fsp3) is 0.289. The van der Waals surface area contributed by atoms with E-state index in [0.717, 1.165) is 23.2 Å². The highest BCUT2D eigenvalue weighted by Crippen LogP contribution is 2.51. The normalized spacial score (nSPS) is 21.1. The quantitative estimate of drug-likeness (QED) is 0.132. The molecule has 3 unspecified atom stereocenters. The Morgan fingerprint density at radius 3 is 2.17 bits per heavy atom. The van der Waals surface area contributed by atoms with Gasteiger partial charge in [-0.25, -0.2) is 8.42 Å². The van der Waals surface area contributed by atoms with Gasteiger partial charge in [0.15, 0.2) is 11.5 Å². The first kappa shape index (κ1) is 31.2. The van der Waals surface area contributed by atoms with Crippen molar-refractivity contribution in [2.75, 3.05) is 38.6 Å². The number of hydrogen-bond donors (Lipinski definition) is 1. The van der Waals surface area contributed by atoms with Crippen molar-refractivity contribution in [2.24, 2.45) is 5.92 Å². The number of hydrogen-bond acceptors (Lipinski definition) is 7. The summed E-state index contributed by atoms with van der Waals surface area (Å²) in [6.07, 6.45) is 5.24. The Labute approximate surface area is 276 Å².